The molecule has 158 valence electrons. The predicted molar refractivity (Wildman–Crippen MR) is 118 cm³/mol. The average Bonchev–Trinajstić information content (AvgIpc) is 3.12. The summed E-state index contributed by atoms with van der Waals surface area (Å²) < 4.78 is 7.25. The van der Waals surface area contributed by atoms with Crippen molar-refractivity contribution in [3.63, 3.8) is 0 Å². The Balaban J connectivity index is 0.000000537. The molecular weight excluding hydrogens is 364 g/mol. The van der Waals surface area contributed by atoms with Gasteiger partial charge in [0.05, 0.1) is 13.4 Å². The van der Waals surface area contributed by atoms with Crippen LogP contribution >= 0.6 is 0 Å². The molecule has 3 aromatic rings. The number of imidazole rings is 1. The van der Waals surface area contributed by atoms with Gasteiger partial charge in [-0.05, 0) is 44.9 Å². The minimum atomic E-state index is 0.256. The van der Waals surface area contributed by atoms with Crippen LogP contribution in [0, 0.1) is 13.8 Å². The number of nitrogens with one attached hydrogen (secondary N) is 1. The topological polar surface area (TPSA) is 77.8 Å². The van der Waals surface area contributed by atoms with E-state index >= 15 is 0 Å². The highest BCUT2D eigenvalue weighted by atomic mass is 16.5. The lowest BCUT2D eigenvalue weighted by molar-refractivity contribution is 0.381. The molecule has 3 aromatic heterocycles. The van der Waals surface area contributed by atoms with Gasteiger partial charge in [-0.15, -0.1) is 0 Å². The third-order valence-electron chi connectivity index (χ3n) is 4.65. The number of methoxy groups -OCH3 is 1. The Morgan fingerprint density at radius 2 is 1.83 bits per heavy atom. The Bertz CT molecular complexity index is 917. The summed E-state index contributed by atoms with van der Waals surface area (Å²) in [7, 11) is 1.56. The third kappa shape index (κ3) is 5.89. The molecule has 0 aliphatic carbocycles. The zero-order chi connectivity index (χ0) is 21.4. The highest BCUT2D eigenvalue weighted by molar-refractivity contribution is 5.83. The quantitative estimate of drug-likeness (QED) is 0.587. The highest BCUT2D eigenvalue weighted by Crippen LogP contribution is 2.24. The van der Waals surface area contributed by atoms with Crippen molar-refractivity contribution in [2.75, 3.05) is 12.4 Å². The van der Waals surface area contributed by atoms with Crippen LogP contribution in [0.15, 0.2) is 18.6 Å². The molecule has 0 atom stereocenters. The fourth-order valence-electron chi connectivity index (χ4n) is 2.93. The second-order valence-corrected chi connectivity index (χ2v) is 7.44. The Hall–Kier alpha value is -2.70. The maximum Gasteiger partial charge on any atom is 0.320 e. The van der Waals surface area contributed by atoms with Crippen molar-refractivity contribution >= 4 is 17.0 Å². The predicted octanol–water partition coefficient (Wildman–Crippen LogP) is 5.24. The molecule has 0 unspecified atom stereocenters. The fraction of sp³-hybridized carbons (Fsp3) is 0.545. The second kappa shape index (κ2) is 10.7. The van der Waals surface area contributed by atoms with Crippen molar-refractivity contribution < 1.29 is 4.74 Å². The molecule has 7 nitrogen and oxygen atoms in total. The molecule has 3 rings (SSSR count). The van der Waals surface area contributed by atoms with Gasteiger partial charge in [-0.3, -0.25) is 4.98 Å². The van der Waals surface area contributed by atoms with Crippen molar-refractivity contribution in [3.05, 3.63) is 35.4 Å². The van der Waals surface area contributed by atoms with Crippen LogP contribution < -0.4 is 10.1 Å². The molecule has 0 fully saturated rings. The highest BCUT2D eigenvalue weighted by Gasteiger charge is 2.15. The summed E-state index contributed by atoms with van der Waals surface area (Å²) in [5.41, 5.74) is 4.83. The first-order valence-electron chi connectivity index (χ1n) is 10.4. The van der Waals surface area contributed by atoms with Gasteiger partial charge in [-0.25, -0.2) is 4.98 Å². The first-order valence-corrected chi connectivity index (χ1v) is 10.4. The molecule has 0 bridgehead atoms. The van der Waals surface area contributed by atoms with Crippen LogP contribution in [0.4, 0.5) is 5.82 Å². The number of hydrogen-bond donors (Lipinski definition) is 1. The number of unbranched alkanes of at least 4 members (excludes halogenated alkanes) is 2. The van der Waals surface area contributed by atoms with E-state index in [2.05, 4.69) is 65.9 Å². The lowest BCUT2D eigenvalue weighted by atomic mass is 10.1. The number of ether oxygens (including phenoxy) is 1. The summed E-state index contributed by atoms with van der Waals surface area (Å²) in [6.07, 6.45) is 7.75. The molecule has 7 heteroatoms. The van der Waals surface area contributed by atoms with Crippen molar-refractivity contribution in [1.29, 1.82) is 0 Å². The van der Waals surface area contributed by atoms with Crippen molar-refractivity contribution in [2.45, 2.75) is 73.4 Å². The molecule has 0 aliphatic heterocycles. The van der Waals surface area contributed by atoms with Crippen LogP contribution in [0.25, 0.3) is 11.2 Å². The number of aromatic nitrogens is 5. The largest absolute Gasteiger partial charge is 0.467 e. The van der Waals surface area contributed by atoms with Gasteiger partial charge in [0.1, 0.15) is 0 Å². The summed E-state index contributed by atoms with van der Waals surface area (Å²) in [4.78, 5) is 17.7. The van der Waals surface area contributed by atoms with E-state index < -0.39 is 0 Å². The lowest BCUT2D eigenvalue weighted by Gasteiger charge is -2.11. The van der Waals surface area contributed by atoms with E-state index in [1.54, 1.807) is 13.4 Å². The first-order chi connectivity index (χ1) is 13.9. The van der Waals surface area contributed by atoms with Gasteiger partial charge in [0, 0.05) is 24.5 Å². The third-order valence-corrected chi connectivity index (χ3v) is 4.65. The minimum Gasteiger partial charge on any atom is -0.467 e. The normalized spacial score (nSPS) is 10.8. The van der Waals surface area contributed by atoms with Crippen LogP contribution in [0.3, 0.4) is 0 Å². The molecule has 0 amide bonds. The van der Waals surface area contributed by atoms with Crippen molar-refractivity contribution in [3.8, 4) is 6.01 Å². The van der Waals surface area contributed by atoms with Crippen LogP contribution in [-0.2, 0) is 6.54 Å². The van der Waals surface area contributed by atoms with Gasteiger partial charge in [-0.2, -0.15) is 9.97 Å². The maximum absolute atomic E-state index is 5.24. The van der Waals surface area contributed by atoms with E-state index in [-0.39, 0.29) is 6.04 Å². The zero-order valence-corrected chi connectivity index (χ0v) is 18.8. The molecule has 0 aromatic carbocycles. The van der Waals surface area contributed by atoms with E-state index in [4.69, 9.17) is 4.74 Å². The molecule has 3 heterocycles. The van der Waals surface area contributed by atoms with Crippen LogP contribution in [0.1, 0.15) is 69.8 Å². The van der Waals surface area contributed by atoms with Crippen LogP contribution in [0.2, 0.25) is 0 Å². The SMILES string of the molecule is CCCCC.COc1nc(NCc2cnc(C)cc2C)c2ncn(C(C)C)c2n1. The lowest BCUT2D eigenvalue weighted by Crippen LogP contribution is -2.07. The van der Waals surface area contributed by atoms with Crippen LogP contribution in [0.5, 0.6) is 6.01 Å². The number of nitrogens with zero attached hydrogens (tertiary/aromatic N) is 5. The Morgan fingerprint density at radius 1 is 1.10 bits per heavy atom. The summed E-state index contributed by atoms with van der Waals surface area (Å²) in [5.74, 6) is 0.663. The van der Waals surface area contributed by atoms with Crippen molar-refractivity contribution in [2.24, 2.45) is 0 Å². The number of hydrogen-bond acceptors (Lipinski definition) is 6. The van der Waals surface area contributed by atoms with E-state index in [9.17, 15) is 0 Å². The summed E-state index contributed by atoms with van der Waals surface area (Å²) in [6.45, 7) is 13.3. The number of anilines is 1. The van der Waals surface area contributed by atoms with E-state index in [0.29, 0.717) is 18.4 Å². The van der Waals surface area contributed by atoms with E-state index in [1.165, 1.54) is 24.8 Å². The first kappa shape index (κ1) is 22.6. The van der Waals surface area contributed by atoms with Crippen LogP contribution in [-0.4, -0.2) is 31.6 Å². The zero-order valence-electron chi connectivity index (χ0n) is 18.8. The molecule has 0 saturated heterocycles. The Morgan fingerprint density at radius 3 is 2.38 bits per heavy atom. The monoisotopic (exact) mass is 398 g/mol. The van der Waals surface area contributed by atoms with Gasteiger partial charge in [0.2, 0.25) is 0 Å². The Kier molecular flexibility index (Phi) is 8.36. The minimum absolute atomic E-state index is 0.256. The van der Waals surface area contributed by atoms with Gasteiger partial charge in [0.15, 0.2) is 17.0 Å². The molecular formula is C22H34N6O. The number of aryl methyl sites for hydroxylation is 2. The molecule has 0 saturated carbocycles. The van der Waals surface area contributed by atoms with Gasteiger partial charge < -0.3 is 14.6 Å². The standard InChI is InChI=1S/C17H22N6O.C5H12/c1-10(2)23-9-20-14-15(21-17(24-5)22-16(14)23)19-8-13-7-18-12(4)6-11(13)3;1-3-5-4-2/h6-7,9-10H,8H2,1-5H3,(H,19,21,22);3-5H2,1-2H3. The molecule has 1 N–H and O–H groups in total. The summed E-state index contributed by atoms with van der Waals surface area (Å²) in [5, 5.41) is 3.34. The van der Waals surface area contributed by atoms with Crippen molar-refractivity contribution in [1.82, 2.24) is 24.5 Å². The number of fused-ring (bicyclic) bond motifs is 1. The Labute approximate surface area is 174 Å². The fourth-order valence-corrected chi connectivity index (χ4v) is 2.93. The maximum atomic E-state index is 5.24. The van der Waals surface area contributed by atoms with E-state index in [1.807, 2.05) is 17.7 Å². The summed E-state index contributed by atoms with van der Waals surface area (Å²) >= 11 is 0. The van der Waals surface area contributed by atoms with Gasteiger partial charge >= 0.3 is 6.01 Å². The van der Waals surface area contributed by atoms with E-state index in [0.717, 1.165) is 22.4 Å². The molecule has 0 aliphatic rings. The number of pyridine rings is 1. The summed E-state index contributed by atoms with van der Waals surface area (Å²) in [6, 6.07) is 2.65. The smallest absolute Gasteiger partial charge is 0.320 e. The van der Waals surface area contributed by atoms with Gasteiger partial charge in [0.25, 0.3) is 0 Å². The van der Waals surface area contributed by atoms with Gasteiger partial charge in [-0.1, -0.05) is 33.1 Å². The molecule has 29 heavy (non-hydrogen) atoms. The second-order valence-electron chi connectivity index (χ2n) is 7.44. The molecule has 0 spiro atoms. The number of rotatable bonds is 7. The molecule has 0 radical (unpaired) electrons. The average molecular weight is 399 g/mol.